The molecule has 204 valence electrons. The molecule has 0 aliphatic carbocycles. The zero-order chi connectivity index (χ0) is 27.3. The first-order chi connectivity index (χ1) is 18.4. The van der Waals surface area contributed by atoms with Crippen molar-refractivity contribution in [2.75, 3.05) is 47.1 Å². The van der Waals surface area contributed by atoms with Crippen molar-refractivity contribution >= 4 is 23.2 Å². The molecule has 0 spiro atoms. The molecule has 9 heteroatoms. The third-order valence-electron chi connectivity index (χ3n) is 6.00. The Bertz CT molecular complexity index is 1170. The number of thiophene rings is 1. The Morgan fingerprint density at radius 1 is 0.947 bits per heavy atom. The molecule has 0 unspecified atom stereocenters. The lowest BCUT2D eigenvalue weighted by Crippen LogP contribution is -2.44. The number of benzene rings is 2. The van der Waals surface area contributed by atoms with Gasteiger partial charge in [0.05, 0.1) is 20.8 Å². The average Bonchev–Trinajstić information content (AvgIpc) is 3.45. The van der Waals surface area contributed by atoms with Crippen molar-refractivity contribution in [1.29, 1.82) is 0 Å². The van der Waals surface area contributed by atoms with E-state index in [0.717, 1.165) is 10.4 Å². The summed E-state index contributed by atoms with van der Waals surface area (Å²) in [5, 5.41) is 1.97. The topological polar surface area (TPSA) is 68.3 Å². The molecule has 0 bridgehead atoms. The van der Waals surface area contributed by atoms with Crippen LogP contribution in [-0.2, 0) is 22.5 Å². The highest BCUT2D eigenvalue weighted by atomic mass is 32.1. The number of ether oxygens (including phenoxy) is 3. The molecule has 0 aliphatic rings. The van der Waals surface area contributed by atoms with Gasteiger partial charge < -0.3 is 24.0 Å². The van der Waals surface area contributed by atoms with Gasteiger partial charge in [-0.2, -0.15) is 0 Å². The Morgan fingerprint density at radius 2 is 1.76 bits per heavy atom. The van der Waals surface area contributed by atoms with Crippen molar-refractivity contribution in [3.8, 4) is 11.5 Å². The number of carbonyl (C=O) groups is 2. The number of carbonyl (C=O) groups excluding carboxylic acids is 2. The summed E-state index contributed by atoms with van der Waals surface area (Å²) in [6.45, 7) is 4.04. The molecule has 0 fully saturated rings. The number of halogens is 1. The van der Waals surface area contributed by atoms with Gasteiger partial charge in [0.2, 0.25) is 5.91 Å². The number of hydrogen-bond acceptors (Lipinski definition) is 6. The quantitative estimate of drug-likeness (QED) is 0.252. The van der Waals surface area contributed by atoms with Gasteiger partial charge in [0.25, 0.3) is 5.91 Å². The van der Waals surface area contributed by atoms with E-state index in [1.807, 2.05) is 42.6 Å². The lowest BCUT2D eigenvalue weighted by molar-refractivity contribution is -0.132. The van der Waals surface area contributed by atoms with Crippen molar-refractivity contribution in [1.82, 2.24) is 9.80 Å². The Balaban J connectivity index is 1.77. The largest absolute Gasteiger partial charge is 0.493 e. The van der Waals surface area contributed by atoms with Gasteiger partial charge in [-0.25, -0.2) is 4.39 Å². The number of nitrogens with zero attached hydrogens (tertiary/aromatic N) is 2. The van der Waals surface area contributed by atoms with E-state index in [0.29, 0.717) is 57.2 Å². The first kappa shape index (κ1) is 29.1. The second-order valence-corrected chi connectivity index (χ2v) is 9.65. The minimum absolute atomic E-state index is 0.112. The van der Waals surface area contributed by atoms with Crippen molar-refractivity contribution < 1.29 is 28.2 Å². The summed E-state index contributed by atoms with van der Waals surface area (Å²) in [5.41, 5.74) is 1.21. The van der Waals surface area contributed by atoms with E-state index in [-0.39, 0.29) is 23.9 Å². The molecule has 0 radical (unpaired) electrons. The fourth-order valence-corrected chi connectivity index (χ4v) is 4.72. The highest BCUT2D eigenvalue weighted by Gasteiger charge is 2.23. The highest BCUT2D eigenvalue weighted by molar-refractivity contribution is 7.09. The minimum atomic E-state index is -0.495. The highest BCUT2D eigenvalue weighted by Crippen LogP contribution is 2.28. The van der Waals surface area contributed by atoms with Crippen LogP contribution in [0.3, 0.4) is 0 Å². The normalized spacial score (nSPS) is 10.7. The molecule has 2 amide bonds. The molecule has 0 aliphatic heterocycles. The van der Waals surface area contributed by atoms with Crippen molar-refractivity contribution in [2.24, 2.45) is 0 Å². The van der Waals surface area contributed by atoms with Crippen LogP contribution >= 0.6 is 11.3 Å². The fourth-order valence-electron chi connectivity index (χ4n) is 4.00. The van der Waals surface area contributed by atoms with Gasteiger partial charge in [0.1, 0.15) is 12.4 Å². The molecule has 3 rings (SSSR count). The summed E-state index contributed by atoms with van der Waals surface area (Å²) < 4.78 is 30.0. The second-order valence-electron chi connectivity index (χ2n) is 8.62. The van der Waals surface area contributed by atoms with Gasteiger partial charge >= 0.3 is 0 Å². The van der Waals surface area contributed by atoms with Gasteiger partial charge in [-0.15, -0.1) is 11.3 Å². The number of amides is 2. The van der Waals surface area contributed by atoms with E-state index in [1.54, 1.807) is 36.5 Å². The van der Waals surface area contributed by atoms with E-state index in [4.69, 9.17) is 14.2 Å². The van der Waals surface area contributed by atoms with E-state index in [1.165, 1.54) is 23.1 Å². The molecule has 2 aromatic carbocycles. The smallest absolute Gasteiger partial charge is 0.254 e. The van der Waals surface area contributed by atoms with Crippen LogP contribution in [0.15, 0.2) is 60.0 Å². The summed E-state index contributed by atoms with van der Waals surface area (Å²) >= 11 is 1.58. The summed E-state index contributed by atoms with van der Waals surface area (Å²) in [6.07, 6.45) is 1.17. The Morgan fingerprint density at radius 3 is 2.45 bits per heavy atom. The van der Waals surface area contributed by atoms with Crippen LogP contribution in [-0.4, -0.2) is 68.7 Å². The first-order valence-electron chi connectivity index (χ1n) is 12.6. The van der Waals surface area contributed by atoms with Gasteiger partial charge in [-0.05, 0) is 67.1 Å². The molecule has 0 saturated carbocycles. The van der Waals surface area contributed by atoms with Crippen LogP contribution in [0.2, 0.25) is 0 Å². The SMILES string of the molecule is CCOCCCN(CC(=O)N(CCc1ccc(OC)c(OC)c1)Cc1cccs1)C(=O)c1cccc(F)c1. The van der Waals surface area contributed by atoms with Crippen molar-refractivity contribution in [3.05, 3.63) is 81.8 Å². The minimum Gasteiger partial charge on any atom is -0.493 e. The standard InChI is InChI=1S/C29H35FN2O5S/c1-4-37-16-7-14-32(29(34)23-8-5-9-24(30)19-23)21-28(33)31(20-25-10-6-17-38-25)15-13-22-11-12-26(35-2)27(18-22)36-3/h5-6,8-12,17-19H,4,7,13-16,20-21H2,1-3H3. The fraction of sp³-hybridized carbons (Fsp3) is 0.379. The lowest BCUT2D eigenvalue weighted by Gasteiger charge is -2.28. The van der Waals surface area contributed by atoms with E-state index >= 15 is 0 Å². The molecule has 0 N–H and O–H groups in total. The molecule has 0 atom stereocenters. The van der Waals surface area contributed by atoms with Crippen LogP contribution in [0.1, 0.15) is 34.1 Å². The maximum atomic E-state index is 13.8. The Hall–Kier alpha value is -3.43. The Kier molecular flexibility index (Phi) is 11.6. The van der Waals surface area contributed by atoms with Crippen LogP contribution in [0.5, 0.6) is 11.5 Å². The summed E-state index contributed by atoms with van der Waals surface area (Å²) in [4.78, 5) is 31.2. The maximum absolute atomic E-state index is 13.8. The Labute approximate surface area is 227 Å². The second kappa shape index (κ2) is 15.1. The molecule has 3 aromatic rings. The summed E-state index contributed by atoms with van der Waals surface area (Å²) in [6, 6.07) is 15.2. The lowest BCUT2D eigenvalue weighted by atomic mass is 10.1. The summed E-state index contributed by atoms with van der Waals surface area (Å²) in [7, 11) is 3.17. The van der Waals surface area contributed by atoms with Gasteiger partial charge in [0.15, 0.2) is 11.5 Å². The van der Waals surface area contributed by atoms with Gasteiger partial charge in [-0.3, -0.25) is 9.59 Å². The number of methoxy groups -OCH3 is 2. The molecule has 0 saturated heterocycles. The van der Waals surface area contributed by atoms with Crippen LogP contribution in [0.25, 0.3) is 0 Å². The predicted octanol–water partition coefficient (Wildman–Crippen LogP) is 5.04. The molecule has 7 nitrogen and oxygen atoms in total. The van der Waals surface area contributed by atoms with Crippen LogP contribution in [0.4, 0.5) is 4.39 Å². The van der Waals surface area contributed by atoms with Gasteiger partial charge in [-0.1, -0.05) is 18.2 Å². The predicted molar refractivity (Wildman–Crippen MR) is 146 cm³/mol. The average molecular weight is 543 g/mol. The number of hydrogen-bond donors (Lipinski definition) is 0. The zero-order valence-electron chi connectivity index (χ0n) is 22.2. The number of rotatable bonds is 15. The zero-order valence-corrected chi connectivity index (χ0v) is 23.0. The van der Waals surface area contributed by atoms with Crippen LogP contribution < -0.4 is 9.47 Å². The molecule has 38 heavy (non-hydrogen) atoms. The molecular weight excluding hydrogens is 507 g/mol. The van der Waals surface area contributed by atoms with Crippen molar-refractivity contribution in [2.45, 2.75) is 26.3 Å². The maximum Gasteiger partial charge on any atom is 0.254 e. The van der Waals surface area contributed by atoms with E-state index in [2.05, 4.69) is 0 Å². The molecular formula is C29H35FN2O5S. The van der Waals surface area contributed by atoms with E-state index < -0.39 is 5.82 Å². The van der Waals surface area contributed by atoms with Gasteiger partial charge in [0, 0.05) is 36.7 Å². The monoisotopic (exact) mass is 542 g/mol. The molecule has 1 heterocycles. The van der Waals surface area contributed by atoms with Crippen LogP contribution in [0, 0.1) is 5.82 Å². The van der Waals surface area contributed by atoms with Crippen molar-refractivity contribution in [3.63, 3.8) is 0 Å². The first-order valence-corrected chi connectivity index (χ1v) is 13.5. The summed E-state index contributed by atoms with van der Waals surface area (Å²) in [5.74, 6) is 0.208. The molecule has 1 aromatic heterocycles. The third-order valence-corrected chi connectivity index (χ3v) is 6.86. The third kappa shape index (κ3) is 8.56. The van der Waals surface area contributed by atoms with E-state index in [9.17, 15) is 14.0 Å².